The Morgan fingerprint density at radius 1 is 0.328 bits per heavy atom. The lowest BCUT2D eigenvalue weighted by molar-refractivity contribution is 0.101. The number of hydrogen-bond acceptors (Lipinski definition) is 6. The summed E-state index contributed by atoms with van der Waals surface area (Å²) < 4.78 is 0. The van der Waals surface area contributed by atoms with Gasteiger partial charge in [0.1, 0.15) is 0 Å². The molecule has 0 spiro atoms. The number of nitrogens with zero attached hydrogens (tertiary/aromatic N) is 2. The van der Waals surface area contributed by atoms with Crippen molar-refractivity contribution < 1.29 is 9.59 Å². The molecule has 0 atom stereocenters. The number of benzene rings is 8. The minimum absolute atomic E-state index is 0.198. The number of anilines is 10. The van der Waals surface area contributed by atoms with Crippen LogP contribution in [0.5, 0.6) is 0 Å². The number of nitrogen functional groups attached to an aromatic ring is 2. The van der Waals surface area contributed by atoms with Gasteiger partial charge in [0.05, 0.1) is 0 Å². The van der Waals surface area contributed by atoms with E-state index in [9.17, 15) is 9.59 Å². The fourth-order valence-corrected chi connectivity index (χ4v) is 6.72. The van der Waals surface area contributed by atoms with Gasteiger partial charge >= 0.3 is 0 Å². The van der Waals surface area contributed by atoms with Gasteiger partial charge < -0.3 is 31.9 Å². The highest BCUT2D eigenvalue weighted by molar-refractivity contribution is 6.05. The van der Waals surface area contributed by atoms with E-state index in [1.807, 2.05) is 84.9 Å². The molecule has 0 aliphatic carbocycles. The third-order valence-corrected chi connectivity index (χ3v) is 9.73. The molecule has 0 radical (unpaired) electrons. The molecule has 6 N–H and O–H groups in total. The van der Waals surface area contributed by atoms with E-state index in [1.165, 1.54) is 0 Å². The molecule has 0 fully saturated rings. The predicted octanol–water partition coefficient (Wildman–Crippen LogP) is 12.0. The van der Waals surface area contributed by atoms with E-state index in [0.717, 1.165) is 45.3 Å². The maximum atomic E-state index is 12.8. The average molecular weight is 757 g/mol. The van der Waals surface area contributed by atoms with Crippen LogP contribution in [0.2, 0.25) is 0 Å². The zero-order valence-electron chi connectivity index (χ0n) is 31.5. The molecule has 0 bridgehead atoms. The molecular weight excluding hydrogens is 717 g/mol. The maximum absolute atomic E-state index is 12.8. The molecule has 0 unspecified atom stereocenters. The first-order chi connectivity index (χ1) is 28.4. The summed E-state index contributed by atoms with van der Waals surface area (Å²) in [6, 6.07) is 66.8. The van der Waals surface area contributed by atoms with Crippen molar-refractivity contribution in [3.05, 3.63) is 217 Å². The molecule has 8 aromatic carbocycles. The summed E-state index contributed by atoms with van der Waals surface area (Å²) in [5.41, 5.74) is 23.3. The predicted molar refractivity (Wildman–Crippen MR) is 239 cm³/mol. The number of nitrogens with two attached hydrogens (primary N) is 2. The summed E-state index contributed by atoms with van der Waals surface area (Å²) in [4.78, 5) is 30.0. The lowest BCUT2D eigenvalue weighted by Gasteiger charge is -2.26. The molecular formula is C50H40N6O2. The molecule has 0 heterocycles. The van der Waals surface area contributed by atoms with Crippen molar-refractivity contribution >= 4 is 68.7 Å². The van der Waals surface area contributed by atoms with Gasteiger partial charge in [0.25, 0.3) is 11.8 Å². The lowest BCUT2D eigenvalue weighted by atomic mass is 10.0. The normalized spacial score (nSPS) is 10.7. The van der Waals surface area contributed by atoms with Gasteiger partial charge in [-0.15, -0.1) is 0 Å². The first kappa shape index (κ1) is 36.9. The Morgan fingerprint density at radius 3 is 0.914 bits per heavy atom. The van der Waals surface area contributed by atoms with Gasteiger partial charge in [-0.25, -0.2) is 0 Å². The molecule has 0 saturated heterocycles. The SMILES string of the molecule is Nc1ccc(C(=O)Nc2ccc(N(c3ccccc3)c3ccc(-c4ccc(N(c5ccccc5)c5ccc(NC(=O)c6ccc(N)cc6)cc5)cc4)cc3)cc2)cc1. The van der Waals surface area contributed by atoms with Gasteiger partial charge in [0, 0.05) is 68.0 Å². The van der Waals surface area contributed by atoms with Crippen molar-refractivity contribution in [2.45, 2.75) is 0 Å². The standard InChI is InChI=1S/C50H40N6O2/c51-39-19-11-37(12-20-39)49(57)53-41-23-31-47(32-24-41)55(43-7-3-1-4-8-43)45-27-15-35(16-28-45)36-17-29-46(30-18-36)56(44-9-5-2-6-10-44)48-33-25-42(26-34-48)54-50(58)38-13-21-40(52)22-14-38/h1-34H,51-52H2,(H,53,57)(H,54,58). The number of para-hydroxylation sites is 2. The monoisotopic (exact) mass is 756 g/mol. The van der Waals surface area contributed by atoms with Gasteiger partial charge in [-0.2, -0.15) is 0 Å². The Balaban J connectivity index is 1.01. The van der Waals surface area contributed by atoms with Crippen molar-refractivity contribution in [2.24, 2.45) is 0 Å². The summed E-state index contributed by atoms with van der Waals surface area (Å²) in [5.74, 6) is -0.396. The van der Waals surface area contributed by atoms with Gasteiger partial charge in [0.15, 0.2) is 0 Å². The molecule has 0 aliphatic heterocycles. The molecule has 0 saturated carbocycles. The van der Waals surface area contributed by atoms with Crippen molar-refractivity contribution in [3.8, 4) is 11.1 Å². The fraction of sp³-hybridized carbons (Fsp3) is 0. The van der Waals surface area contributed by atoms with Crippen molar-refractivity contribution in [3.63, 3.8) is 0 Å². The highest BCUT2D eigenvalue weighted by atomic mass is 16.2. The molecule has 282 valence electrons. The summed E-state index contributed by atoms with van der Waals surface area (Å²) in [7, 11) is 0. The number of rotatable bonds is 11. The summed E-state index contributed by atoms with van der Waals surface area (Å²) in [6.07, 6.45) is 0. The van der Waals surface area contributed by atoms with E-state index in [0.29, 0.717) is 33.9 Å². The van der Waals surface area contributed by atoms with E-state index < -0.39 is 0 Å². The van der Waals surface area contributed by atoms with Crippen molar-refractivity contribution in [1.29, 1.82) is 0 Å². The lowest BCUT2D eigenvalue weighted by Crippen LogP contribution is -2.13. The summed E-state index contributed by atoms with van der Waals surface area (Å²) in [6.45, 7) is 0. The minimum atomic E-state index is -0.198. The van der Waals surface area contributed by atoms with Gasteiger partial charge in [-0.05, 0) is 157 Å². The van der Waals surface area contributed by atoms with Gasteiger partial charge in [-0.3, -0.25) is 9.59 Å². The Labute approximate surface area is 337 Å². The molecule has 8 rings (SSSR count). The third kappa shape index (κ3) is 8.41. The molecule has 58 heavy (non-hydrogen) atoms. The largest absolute Gasteiger partial charge is 0.399 e. The molecule has 0 aliphatic rings. The van der Waals surface area contributed by atoms with Crippen LogP contribution in [0.25, 0.3) is 11.1 Å². The topological polar surface area (TPSA) is 117 Å². The maximum Gasteiger partial charge on any atom is 0.255 e. The molecule has 8 aromatic rings. The molecule has 0 aromatic heterocycles. The van der Waals surface area contributed by atoms with E-state index in [-0.39, 0.29) is 11.8 Å². The van der Waals surface area contributed by atoms with E-state index in [1.54, 1.807) is 48.5 Å². The zero-order valence-corrected chi connectivity index (χ0v) is 31.5. The van der Waals surface area contributed by atoms with Crippen LogP contribution in [-0.2, 0) is 0 Å². The number of hydrogen-bond donors (Lipinski definition) is 4. The van der Waals surface area contributed by atoms with Crippen LogP contribution in [0.15, 0.2) is 206 Å². The van der Waals surface area contributed by atoms with E-state index in [2.05, 4.69) is 93.2 Å². The van der Waals surface area contributed by atoms with Crippen LogP contribution >= 0.6 is 0 Å². The second kappa shape index (κ2) is 16.7. The minimum Gasteiger partial charge on any atom is -0.399 e. The number of nitrogens with one attached hydrogen (secondary N) is 2. The Bertz CT molecular complexity index is 2430. The van der Waals surface area contributed by atoms with Crippen LogP contribution in [-0.4, -0.2) is 11.8 Å². The molecule has 8 heteroatoms. The number of carbonyl (C=O) groups excluding carboxylic acids is 2. The van der Waals surface area contributed by atoms with Crippen molar-refractivity contribution in [2.75, 3.05) is 31.9 Å². The second-order valence-electron chi connectivity index (χ2n) is 13.7. The first-order valence-corrected chi connectivity index (χ1v) is 18.8. The quantitative estimate of drug-likeness (QED) is 0.0976. The smallest absolute Gasteiger partial charge is 0.255 e. The number of carbonyl (C=O) groups is 2. The highest BCUT2D eigenvalue weighted by Gasteiger charge is 2.16. The van der Waals surface area contributed by atoms with Crippen molar-refractivity contribution in [1.82, 2.24) is 0 Å². The Kier molecular flexibility index (Phi) is 10.6. The summed E-state index contributed by atoms with van der Waals surface area (Å²) in [5, 5.41) is 5.95. The zero-order chi connectivity index (χ0) is 39.8. The van der Waals surface area contributed by atoms with Crippen LogP contribution in [0, 0.1) is 0 Å². The Hall–Kier alpha value is -8.10. The number of amides is 2. The molecule has 8 nitrogen and oxygen atoms in total. The fourth-order valence-electron chi connectivity index (χ4n) is 6.72. The Morgan fingerprint density at radius 2 is 0.603 bits per heavy atom. The van der Waals surface area contributed by atoms with Crippen LogP contribution in [0.4, 0.5) is 56.9 Å². The first-order valence-electron chi connectivity index (χ1n) is 18.8. The third-order valence-electron chi connectivity index (χ3n) is 9.73. The molecule has 2 amide bonds. The van der Waals surface area contributed by atoms with Gasteiger partial charge in [0.2, 0.25) is 0 Å². The van der Waals surface area contributed by atoms with E-state index >= 15 is 0 Å². The second-order valence-corrected chi connectivity index (χ2v) is 13.7. The summed E-state index contributed by atoms with van der Waals surface area (Å²) >= 11 is 0. The van der Waals surface area contributed by atoms with Gasteiger partial charge in [-0.1, -0.05) is 60.7 Å². The van der Waals surface area contributed by atoms with Crippen LogP contribution < -0.4 is 31.9 Å². The van der Waals surface area contributed by atoms with E-state index in [4.69, 9.17) is 11.5 Å². The van der Waals surface area contributed by atoms with Crippen LogP contribution in [0.3, 0.4) is 0 Å². The van der Waals surface area contributed by atoms with Crippen LogP contribution in [0.1, 0.15) is 20.7 Å². The highest BCUT2D eigenvalue weighted by Crippen LogP contribution is 2.38. The average Bonchev–Trinajstić information content (AvgIpc) is 3.27.